The Morgan fingerprint density at radius 3 is 2.46 bits per heavy atom. The SMILES string of the molecule is Cc1cccc(C)c1NC(=O)C12C[C@H]3C[C@H](C1)CC(n1cncn1)(C3)C2. The molecule has 4 aliphatic rings. The summed E-state index contributed by atoms with van der Waals surface area (Å²) in [5.74, 6) is 1.47. The van der Waals surface area contributed by atoms with Gasteiger partial charge in [0.05, 0.1) is 11.0 Å². The molecule has 5 nitrogen and oxygen atoms in total. The third-order valence-corrected chi connectivity index (χ3v) is 7.14. The van der Waals surface area contributed by atoms with Gasteiger partial charge in [0.15, 0.2) is 0 Å². The predicted octanol–water partition coefficient (Wildman–Crippen LogP) is 3.83. The lowest BCUT2D eigenvalue weighted by atomic mass is 9.46. The topological polar surface area (TPSA) is 59.8 Å². The molecule has 2 aromatic rings. The normalized spacial score (nSPS) is 34.8. The molecule has 1 N–H and O–H groups in total. The quantitative estimate of drug-likeness (QED) is 0.915. The van der Waals surface area contributed by atoms with Crippen LogP contribution in [0.3, 0.4) is 0 Å². The molecule has 4 fully saturated rings. The summed E-state index contributed by atoms with van der Waals surface area (Å²) in [4.78, 5) is 17.7. The van der Waals surface area contributed by atoms with Gasteiger partial charge in [-0.2, -0.15) is 5.10 Å². The van der Waals surface area contributed by atoms with Crippen LogP contribution in [0.25, 0.3) is 0 Å². The highest BCUT2D eigenvalue weighted by Gasteiger charge is 2.61. The second-order valence-corrected chi connectivity index (χ2v) is 9.03. The molecule has 1 amide bonds. The molecule has 1 heterocycles. The lowest BCUT2D eigenvalue weighted by Crippen LogP contribution is -2.60. The Kier molecular flexibility index (Phi) is 3.34. The maximum atomic E-state index is 13.5. The number of nitrogens with one attached hydrogen (secondary N) is 1. The van der Waals surface area contributed by atoms with E-state index in [0.29, 0.717) is 11.8 Å². The number of hydrogen-bond donors (Lipinski definition) is 1. The van der Waals surface area contributed by atoms with E-state index >= 15 is 0 Å². The Morgan fingerprint density at radius 2 is 1.85 bits per heavy atom. The van der Waals surface area contributed by atoms with Gasteiger partial charge in [-0.1, -0.05) is 18.2 Å². The third-order valence-electron chi connectivity index (χ3n) is 7.14. The summed E-state index contributed by atoms with van der Waals surface area (Å²) in [6, 6.07) is 6.18. The van der Waals surface area contributed by atoms with E-state index in [1.807, 2.05) is 12.4 Å². The number of aromatic nitrogens is 3. The van der Waals surface area contributed by atoms with Crippen LogP contribution in [0.5, 0.6) is 0 Å². The van der Waals surface area contributed by atoms with Crippen molar-refractivity contribution in [2.75, 3.05) is 5.32 Å². The number of nitrogens with zero attached hydrogens (tertiary/aromatic N) is 3. The van der Waals surface area contributed by atoms with Crippen molar-refractivity contribution in [3.05, 3.63) is 42.0 Å². The third kappa shape index (κ3) is 2.25. The zero-order valence-corrected chi connectivity index (χ0v) is 15.5. The molecule has 26 heavy (non-hydrogen) atoms. The number of rotatable bonds is 3. The number of benzene rings is 1. The van der Waals surface area contributed by atoms with Crippen LogP contribution in [-0.4, -0.2) is 20.7 Å². The lowest BCUT2D eigenvalue weighted by Gasteiger charge is -2.60. The second-order valence-electron chi connectivity index (χ2n) is 9.03. The maximum Gasteiger partial charge on any atom is 0.230 e. The zero-order chi connectivity index (χ0) is 17.9. The van der Waals surface area contributed by atoms with E-state index in [-0.39, 0.29) is 16.9 Å². The molecule has 4 bridgehead atoms. The van der Waals surface area contributed by atoms with Crippen molar-refractivity contribution in [3.8, 4) is 0 Å². The molecule has 0 aliphatic heterocycles. The molecular formula is C21H26N4O. The number of carbonyl (C=O) groups excluding carboxylic acids is 1. The molecule has 4 aliphatic carbocycles. The predicted molar refractivity (Wildman–Crippen MR) is 99.7 cm³/mol. The van der Waals surface area contributed by atoms with E-state index in [1.54, 1.807) is 6.33 Å². The first-order chi connectivity index (χ1) is 12.5. The van der Waals surface area contributed by atoms with Crippen LogP contribution in [0.2, 0.25) is 0 Å². The Labute approximate surface area is 154 Å². The average Bonchev–Trinajstić information content (AvgIpc) is 3.12. The lowest BCUT2D eigenvalue weighted by molar-refractivity contribution is -0.150. The number of carbonyl (C=O) groups is 1. The second kappa shape index (κ2) is 5.41. The molecular weight excluding hydrogens is 324 g/mol. The zero-order valence-electron chi connectivity index (χ0n) is 15.5. The first-order valence-electron chi connectivity index (χ1n) is 9.73. The molecule has 6 rings (SSSR count). The van der Waals surface area contributed by atoms with Gasteiger partial charge in [0, 0.05) is 5.69 Å². The molecule has 0 spiro atoms. The molecule has 1 aromatic carbocycles. The van der Waals surface area contributed by atoms with Crippen molar-refractivity contribution < 1.29 is 4.79 Å². The van der Waals surface area contributed by atoms with Crippen LogP contribution in [-0.2, 0) is 10.3 Å². The van der Waals surface area contributed by atoms with Gasteiger partial charge < -0.3 is 5.32 Å². The fourth-order valence-corrected chi connectivity index (χ4v) is 6.46. The van der Waals surface area contributed by atoms with Gasteiger partial charge >= 0.3 is 0 Å². The Bertz CT molecular complexity index is 823. The van der Waals surface area contributed by atoms with Crippen molar-refractivity contribution in [2.24, 2.45) is 17.3 Å². The molecule has 2 atom stereocenters. The van der Waals surface area contributed by atoms with Gasteiger partial charge in [-0.15, -0.1) is 0 Å². The minimum atomic E-state index is -0.259. The summed E-state index contributed by atoms with van der Waals surface area (Å²) in [5.41, 5.74) is 2.98. The Morgan fingerprint density at radius 1 is 1.15 bits per heavy atom. The van der Waals surface area contributed by atoms with Crippen molar-refractivity contribution in [1.82, 2.24) is 14.8 Å². The fraction of sp³-hybridized carbons (Fsp3) is 0.571. The summed E-state index contributed by atoms with van der Waals surface area (Å²) in [6.45, 7) is 4.14. The highest BCUT2D eigenvalue weighted by atomic mass is 16.2. The number of para-hydroxylation sites is 1. The first kappa shape index (κ1) is 16.0. The first-order valence-corrected chi connectivity index (χ1v) is 9.73. The highest BCUT2D eigenvalue weighted by Crippen LogP contribution is 2.64. The summed E-state index contributed by atoms with van der Waals surface area (Å²) in [7, 11) is 0. The van der Waals surface area contributed by atoms with E-state index < -0.39 is 0 Å². The molecule has 0 radical (unpaired) electrons. The van der Waals surface area contributed by atoms with Crippen LogP contribution in [0, 0.1) is 31.1 Å². The van der Waals surface area contributed by atoms with Gasteiger partial charge in [-0.05, 0) is 75.3 Å². The summed E-state index contributed by atoms with van der Waals surface area (Å²) in [6.07, 6.45) is 9.98. The van der Waals surface area contributed by atoms with E-state index in [9.17, 15) is 4.79 Å². The number of aryl methyl sites for hydroxylation is 2. The van der Waals surface area contributed by atoms with E-state index in [1.165, 1.54) is 6.42 Å². The minimum absolute atomic E-state index is 0.0152. The van der Waals surface area contributed by atoms with Crippen LogP contribution in [0.4, 0.5) is 5.69 Å². The highest BCUT2D eigenvalue weighted by molar-refractivity contribution is 5.97. The van der Waals surface area contributed by atoms with Crippen molar-refractivity contribution in [2.45, 2.75) is 57.9 Å². The van der Waals surface area contributed by atoms with E-state index in [0.717, 1.165) is 48.9 Å². The van der Waals surface area contributed by atoms with E-state index in [4.69, 9.17) is 0 Å². The van der Waals surface area contributed by atoms with E-state index in [2.05, 4.69) is 46.1 Å². The van der Waals surface area contributed by atoms with Crippen LogP contribution < -0.4 is 5.32 Å². The molecule has 5 heteroatoms. The minimum Gasteiger partial charge on any atom is -0.325 e. The standard InChI is InChI=1S/C21H26N4O/c1-14-4-3-5-15(2)18(14)24-19(26)20-7-16-6-17(8-20)10-21(9-16,11-20)25-13-22-12-23-25/h3-5,12-13,16-17H,6-11H2,1-2H3,(H,24,26)/t16-,17-,20?,21?/m1/s1. The number of amides is 1. The molecule has 136 valence electrons. The molecule has 0 unspecified atom stereocenters. The molecule has 1 aromatic heterocycles. The number of hydrogen-bond acceptors (Lipinski definition) is 3. The van der Waals surface area contributed by atoms with Crippen LogP contribution >= 0.6 is 0 Å². The van der Waals surface area contributed by atoms with Gasteiger partial charge in [-0.25, -0.2) is 9.67 Å². The molecule has 4 saturated carbocycles. The van der Waals surface area contributed by atoms with Crippen LogP contribution in [0.15, 0.2) is 30.9 Å². The van der Waals surface area contributed by atoms with Gasteiger partial charge in [0.2, 0.25) is 5.91 Å². The van der Waals surface area contributed by atoms with Gasteiger partial charge in [0.25, 0.3) is 0 Å². The fourth-order valence-electron chi connectivity index (χ4n) is 6.46. The monoisotopic (exact) mass is 350 g/mol. The van der Waals surface area contributed by atoms with Gasteiger partial charge in [0.1, 0.15) is 12.7 Å². The Hall–Kier alpha value is -2.17. The number of anilines is 1. The average molecular weight is 350 g/mol. The van der Waals surface area contributed by atoms with Crippen molar-refractivity contribution in [3.63, 3.8) is 0 Å². The summed E-state index contributed by atoms with van der Waals surface area (Å²) in [5, 5.41) is 7.80. The van der Waals surface area contributed by atoms with Crippen LogP contribution in [0.1, 0.15) is 49.7 Å². The maximum absolute atomic E-state index is 13.5. The largest absolute Gasteiger partial charge is 0.325 e. The smallest absolute Gasteiger partial charge is 0.230 e. The van der Waals surface area contributed by atoms with Crippen molar-refractivity contribution in [1.29, 1.82) is 0 Å². The molecule has 0 saturated heterocycles. The summed E-state index contributed by atoms with van der Waals surface area (Å²) >= 11 is 0. The Balaban J connectivity index is 1.49. The van der Waals surface area contributed by atoms with Crippen molar-refractivity contribution >= 4 is 11.6 Å². The summed E-state index contributed by atoms with van der Waals surface area (Å²) < 4.78 is 2.06. The van der Waals surface area contributed by atoms with Gasteiger partial charge in [-0.3, -0.25) is 4.79 Å².